The third-order valence-corrected chi connectivity index (χ3v) is 2.72. The molecule has 0 saturated carbocycles. The average Bonchev–Trinajstić information content (AvgIpc) is 3.00. The van der Waals surface area contributed by atoms with Gasteiger partial charge in [-0.1, -0.05) is 6.07 Å². The van der Waals surface area contributed by atoms with Crippen LogP contribution in [0.4, 0.5) is 0 Å². The second kappa shape index (κ2) is 4.44. The van der Waals surface area contributed by atoms with Crippen LogP contribution in [0.15, 0.2) is 49.2 Å². The van der Waals surface area contributed by atoms with E-state index in [2.05, 4.69) is 19.6 Å². The minimum atomic E-state index is 0.750. The molecule has 3 rings (SSSR count). The van der Waals surface area contributed by atoms with Gasteiger partial charge in [-0.25, -0.2) is 4.98 Å². The molecule has 0 fully saturated rings. The minimum absolute atomic E-state index is 0.750. The van der Waals surface area contributed by atoms with Gasteiger partial charge < -0.3 is 4.57 Å². The predicted molar refractivity (Wildman–Crippen MR) is 67.8 cm³/mol. The van der Waals surface area contributed by atoms with E-state index in [0.717, 1.165) is 23.6 Å². The van der Waals surface area contributed by atoms with Crippen molar-refractivity contribution < 1.29 is 0 Å². The van der Waals surface area contributed by atoms with Gasteiger partial charge in [0.2, 0.25) is 0 Å². The molecule has 3 heterocycles. The number of aromatic nitrogens is 5. The maximum absolute atomic E-state index is 4.36. The second-order valence-corrected chi connectivity index (χ2v) is 4.12. The summed E-state index contributed by atoms with van der Waals surface area (Å²) in [5, 5.41) is 4.17. The maximum atomic E-state index is 4.36. The van der Waals surface area contributed by atoms with E-state index in [-0.39, 0.29) is 0 Å². The molecule has 0 aromatic carbocycles. The molecule has 0 radical (unpaired) electrons. The van der Waals surface area contributed by atoms with Crippen LogP contribution in [0.5, 0.6) is 0 Å². The van der Waals surface area contributed by atoms with Crippen LogP contribution in [-0.2, 0) is 13.6 Å². The molecule has 0 bridgehead atoms. The van der Waals surface area contributed by atoms with E-state index in [4.69, 9.17) is 0 Å². The Bertz CT molecular complexity index is 638. The van der Waals surface area contributed by atoms with Crippen molar-refractivity contribution in [3.63, 3.8) is 0 Å². The molecule has 0 N–H and O–H groups in total. The number of nitrogens with zero attached hydrogens (tertiary/aromatic N) is 5. The van der Waals surface area contributed by atoms with Crippen LogP contribution in [0.2, 0.25) is 0 Å². The van der Waals surface area contributed by atoms with Crippen molar-refractivity contribution in [3.8, 4) is 11.5 Å². The van der Waals surface area contributed by atoms with Gasteiger partial charge >= 0.3 is 0 Å². The van der Waals surface area contributed by atoms with Crippen molar-refractivity contribution in [2.45, 2.75) is 6.54 Å². The van der Waals surface area contributed by atoms with Crippen LogP contribution in [-0.4, -0.2) is 24.3 Å². The van der Waals surface area contributed by atoms with Crippen LogP contribution in [0.3, 0.4) is 0 Å². The molecule has 0 aliphatic heterocycles. The molecular weight excluding hydrogens is 226 g/mol. The molecule has 0 spiro atoms. The Morgan fingerprint density at radius 1 is 1.17 bits per heavy atom. The van der Waals surface area contributed by atoms with Crippen molar-refractivity contribution in [1.29, 1.82) is 0 Å². The highest BCUT2D eigenvalue weighted by molar-refractivity contribution is 5.49. The Hall–Kier alpha value is -2.43. The maximum Gasteiger partial charge on any atom is 0.158 e. The Morgan fingerprint density at radius 3 is 2.83 bits per heavy atom. The molecule has 0 unspecified atom stereocenters. The number of rotatable bonds is 3. The Kier molecular flexibility index (Phi) is 2.64. The SMILES string of the molecule is Cn1cc(Cn2ccnc2-c2ccccn2)cn1. The molecular formula is C13H13N5. The first-order chi connectivity index (χ1) is 8.83. The molecule has 18 heavy (non-hydrogen) atoms. The van der Waals surface area contributed by atoms with Gasteiger partial charge in [0.25, 0.3) is 0 Å². The predicted octanol–water partition coefficient (Wildman–Crippen LogP) is 1.73. The first kappa shape index (κ1) is 10.7. The van der Waals surface area contributed by atoms with Crippen molar-refractivity contribution in [2.75, 3.05) is 0 Å². The third kappa shape index (κ3) is 2.02. The van der Waals surface area contributed by atoms with E-state index >= 15 is 0 Å². The first-order valence-electron chi connectivity index (χ1n) is 5.73. The largest absolute Gasteiger partial charge is 0.325 e. The van der Waals surface area contributed by atoms with Gasteiger partial charge in [0.05, 0.1) is 12.7 Å². The van der Waals surface area contributed by atoms with Gasteiger partial charge in [-0.15, -0.1) is 0 Å². The van der Waals surface area contributed by atoms with E-state index < -0.39 is 0 Å². The zero-order chi connectivity index (χ0) is 12.4. The van der Waals surface area contributed by atoms with E-state index in [0.29, 0.717) is 0 Å². The van der Waals surface area contributed by atoms with Crippen LogP contribution in [0.25, 0.3) is 11.5 Å². The molecule has 0 atom stereocenters. The summed E-state index contributed by atoms with van der Waals surface area (Å²) in [5.74, 6) is 0.874. The standard InChI is InChI=1S/C13H13N5/c1-17-9-11(8-16-17)10-18-7-6-15-13(18)12-4-2-3-5-14-12/h2-9H,10H2,1H3. The quantitative estimate of drug-likeness (QED) is 0.699. The summed E-state index contributed by atoms with van der Waals surface area (Å²) < 4.78 is 3.87. The minimum Gasteiger partial charge on any atom is -0.325 e. The summed E-state index contributed by atoms with van der Waals surface area (Å²) in [7, 11) is 1.91. The fraction of sp³-hybridized carbons (Fsp3) is 0.154. The number of aryl methyl sites for hydroxylation is 1. The van der Waals surface area contributed by atoms with E-state index in [1.54, 1.807) is 17.1 Å². The topological polar surface area (TPSA) is 48.5 Å². The molecule has 0 amide bonds. The number of hydrogen-bond donors (Lipinski definition) is 0. The fourth-order valence-corrected chi connectivity index (χ4v) is 1.92. The van der Waals surface area contributed by atoms with Gasteiger partial charge in [0, 0.05) is 37.4 Å². The summed E-state index contributed by atoms with van der Waals surface area (Å²) in [6.45, 7) is 0.750. The van der Waals surface area contributed by atoms with Gasteiger partial charge in [-0.2, -0.15) is 5.10 Å². The molecule has 0 saturated heterocycles. The van der Waals surface area contributed by atoms with Crippen molar-refractivity contribution in [3.05, 3.63) is 54.7 Å². The highest BCUT2D eigenvalue weighted by Crippen LogP contribution is 2.15. The van der Waals surface area contributed by atoms with Crippen LogP contribution < -0.4 is 0 Å². The number of pyridine rings is 1. The molecule has 3 aromatic rings. The lowest BCUT2D eigenvalue weighted by Gasteiger charge is -2.05. The summed E-state index contributed by atoms with van der Waals surface area (Å²) in [4.78, 5) is 8.69. The van der Waals surface area contributed by atoms with E-state index in [1.807, 2.05) is 43.8 Å². The lowest BCUT2D eigenvalue weighted by atomic mass is 10.3. The third-order valence-electron chi connectivity index (χ3n) is 2.72. The Balaban J connectivity index is 1.93. The molecule has 0 aliphatic carbocycles. The Labute approximate surface area is 105 Å². The second-order valence-electron chi connectivity index (χ2n) is 4.12. The lowest BCUT2D eigenvalue weighted by Crippen LogP contribution is -2.01. The highest BCUT2D eigenvalue weighted by atomic mass is 15.2. The zero-order valence-corrected chi connectivity index (χ0v) is 10.1. The summed E-state index contributed by atoms with van der Waals surface area (Å²) in [6, 6.07) is 5.82. The van der Waals surface area contributed by atoms with E-state index in [1.165, 1.54) is 0 Å². The van der Waals surface area contributed by atoms with Crippen LogP contribution in [0, 0.1) is 0 Å². The molecule has 3 aromatic heterocycles. The van der Waals surface area contributed by atoms with Gasteiger partial charge in [0.15, 0.2) is 5.82 Å². The number of imidazole rings is 1. The fourth-order valence-electron chi connectivity index (χ4n) is 1.92. The van der Waals surface area contributed by atoms with Gasteiger partial charge in [0.1, 0.15) is 5.69 Å². The smallest absolute Gasteiger partial charge is 0.158 e. The summed E-state index contributed by atoms with van der Waals surface area (Å²) in [5.41, 5.74) is 2.03. The summed E-state index contributed by atoms with van der Waals surface area (Å²) in [6.07, 6.45) is 9.39. The molecule has 0 aliphatic rings. The van der Waals surface area contributed by atoms with Crippen molar-refractivity contribution >= 4 is 0 Å². The van der Waals surface area contributed by atoms with Gasteiger partial charge in [-0.3, -0.25) is 9.67 Å². The number of hydrogen-bond acceptors (Lipinski definition) is 3. The average molecular weight is 239 g/mol. The highest BCUT2D eigenvalue weighted by Gasteiger charge is 2.07. The lowest BCUT2D eigenvalue weighted by molar-refractivity contribution is 0.763. The normalized spacial score (nSPS) is 10.7. The van der Waals surface area contributed by atoms with E-state index in [9.17, 15) is 0 Å². The summed E-state index contributed by atoms with van der Waals surface area (Å²) >= 11 is 0. The zero-order valence-electron chi connectivity index (χ0n) is 10.1. The van der Waals surface area contributed by atoms with Crippen molar-refractivity contribution in [2.24, 2.45) is 7.05 Å². The monoisotopic (exact) mass is 239 g/mol. The molecule has 5 nitrogen and oxygen atoms in total. The van der Waals surface area contributed by atoms with Gasteiger partial charge in [-0.05, 0) is 12.1 Å². The Morgan fingerprint density at radius 2 is 2.11 bits per heavy atom. The molecule has 90 valence electrons. The first-order valence-corrected chi connectivity index (χ1v) is 5.73. The van der Waals surface area contributed by atoms with Crippen LogP contribution >= 0.6 is 0 Å². The van der Waals surface area contributed by atoms with Crippen molar-refractivity contribution in [1.82, 2.24) is 24.3 Å². The molecule has 5 heteroatoms. The van der Waals surface area contributed by atoms with Crippen LogP contribution in [0.1, 0.15) is 5.56 Å².